The van der Waals surface area contributed by atoms with Gasteiger partial charge in [-0.25, -0.2) is 9.59 Å². The van der Waals surface area contributed by atoms with E-state index in [9.17, 15) is 14.4 Å². The lowest BCUT2D eigenvalue weighted by molar-refractivity contribution is -0.155. The zero-order chi connectivity index (χ0) is 25.2. The molecule has 0 unspecified atom stereocenters. The van der Waals surface area contributed by atoms with E-state index in [1.807, 2.05) is 91.0 Å². The number of nitrogens with zero attached hydrogens (tertiary/aromatic N) is 1. The number of rotatable bonds is 9. The number of amides is 2. The fourth-order valence-electron chi connectivity index (χ4n) is 4.26. The molecule has 1 saturated heterocycles. The molecular formula is C29H30N2O5. The van der Waals surface area contributed by atoms with Gasteiger partial charge in [0.2, 0.25) is 5.91 Å². The highest BCUT2D eigenvalue weighted by Crippen LogP contribution is 2.21. The Labute approximate surface area is 211 Å². The first-order valence-corrected chi connectivity index (χ1v) is 12.1. The molecule has 36 heavy (non-hydrogen) atoms. The van der Waals surface area contributed by atoms with Crippen molar-refractivity contribution in [3.05, 3.63) is 108 Å². The van der Waals surface area contributed by atoms with Gasteiger partial charge in [0, 0.05) is 13.0 Å². The Balaban J connectivity index is 1.42. The maximum atomic E-state index is 13.6. The van der Waals surface area contributed by atoms with Crippen LogP contribution in [-0.4, -0.2) is 41.5 Å². The summed E-state index contributed by atoms with van der Waals surface area (Å²) in [6.45, 7) is 0.669. The van der Waals surface area contributed by atoms with Gasteiger partial charge >= 0.3 is 12.1 Å². The fourth-order valence-corrected chi connectivity index (χ4v) is 4.26. The Kier molecular flexibility index (Phi) is 8.70. The van der Waals surface area contributed by atoms with Crippen LogP contribution in [0.1, 0.15) is 29.5 Å². The number of nitrogens with one attached hydrogen (secondary N) is 1. The Morgan fingerprint density at radius 1 is 0.778 bits per heavy atom. The van der Waals surface area contributed by atoms with E-state index in [0.717, 1.165) is 16.7 Å². The first kappa shape index (κ1) is 25.0. The van der Waals surface area contributed by atoms with E-state index in [4.69, 9.17) is 9.47 Å². The van der Waals surface area contributed by atoms with Crippen molar-refractivity contribution < 1.29 is 23.9 Å². The summed E-state index contributed by atoms with van der Waals surface area (Å²) in [5.74, 6) is -0.760. The van der Waals surface area contributed by atoms with E-state index in [0.29, 0.717) is 19.4 Å². The largest absolute Gasteiger partial charge is 0.459 e. The molecule has 1 aliphatic heterocycles. The summed E-state index contributed by atoms with van der Waals surface area (Å²) >= 11 is 0. The molecule has 1 aliphatic rings. The molecule has 3 aromatic rings. The van der Waals surface area contributed by atoms with Gasteiger partial charge in [-0.1, -0.05) is 91.0 Å². The molecule has 4 rings (SSSR count). The molecule has 0 bridgehead atoms. The van der Waals surface area contributed by atoms with E-state index in [1.54, 1.807) is 0 Å². The van der Waals surface area contributed by atoms with Crippen LogP contribution in [0.25, 0.3) is 0 Å². The lowest BCUT2D eigenvalue weighted by Gasteiger charge is -2.28. The topological polar surface area (TPSA) is 84.9 Å². The fraction of sp³-hybridized carbons (Fsp3) is 0.276. The van der Waals surface area contributed by atoms with Gasteiger partial charge in [-0.15, -0.1) is 0 Å². The minimum atomic E-state index is -0.877. The summed E-state index contributed by atoms with van der Waals surface area (Å²) in [7, 11) is 0. The standard InChI is InChI=1S/C29H30N2O5/c32-27(31-18-10-17-26(31)28(33)35-20-23-13-6-2-7-14-23)25(19-22-11-4-1-5-12-22)30-29(34)36-21-24-15-8-3-9-16-24/h1-9,11-16,25-26H,10,17-21H2,(H,30,34)/t25-,26+/m0/s1. The van der Waals surface area contributed by atoms with E-state index in [2.05, 4.69) is 5.32 Å². The number of ether oxygens (including phenoxy) is 2. The second kappa shape index (κ2) is 12.5. The average molecular weight is 487 g/mol. The first-order chi connectivity index (χ1) is 17.6. The highest BCUT2D eigenvalue weighted by atomic mass is 16.5. The van der Waals surface area contributed by atoms with Crippen LogP contribution in [0.3, 0.4) is 0 Å². The maximum Gasteiger partial charge on any atom is 0.408 e. The molecule has 7 nitrogen and oxygen atoms in total. The van der Waals surface area contributed by atoms with Gasteiger partial charge in [0.1, 0.15) is 25.3 Å². The monoisotopic (exact) mass is 486 g/mol. The number of esters is 1. The third-order valence-corrected chi connectivity index (χ3v) is 6.12. The quantitative estimate of drug-likeness (QED) is 0.457. The number of hydrogen-bond donors (Lipinski definition) is 1. The first-order valence-electron chi connectivity index (χ1n) is 12.1. The van der Waals surface area contributed by atoms with Gasteiger partial charge in [0.05, 0.1) is 0 Å². The minimum absolute atomic E-state index is 0.0943. The average Bonchev–Trinajstić information content (AvgIpc) is 3.42. The van der Waals surface area contributed by atoms with Gasteiger partial charge in [0.15, 0.2) is 0 Å². The van der Waals surface area contributed by atoms with Crippen LogP contribution in [0.15, 0.2) is 91.0 Å². The molecule has 1 fully saturated rings. The number of hydrogen-bond acceptors (Lipinski definition) is 5. The van der Waals surface area contributed by atoms with Crippen molar-refractivity contribution in [1.29, 1.82) is 0 Å². The summed E-state index contributed by atoms with van der Waals surface area (Å²) < 4.78 is 10.9. The molecule has 2 amide bonds. The van der Waals surface area contributed by atoms with Gasteiger partial charge in [0.25, 0.3) is 0 Å². The third kappa shape index (κ3) is 6.95. The summed E-state index contributed by atoms with van der Waals surface area (Å²) in [5.41, 5.74) is 2.62. The van der Waals surface area contributed by atoms with Crippen molar-refractivity contribution in [2.45, 2.75) is 44.6 Å². The Hall–Kier alpha value is -4.13. The Morgan fingerprint density at radius 3 is 1.89 bits per heavy atom. The highest BCUT2D eigenvalue weighted by Gasteiger charge is 2.38. The van der Waals surface area contributed by atoms with Crippen LogP contribution in [-0.2, 0) is 38.7 Å². The van der Waals surface area contributed by atoms with Gasteiger partial charge in [-0.3, -0.25) is 4.79 Å². The molecule has 0 aromatic heterocycles. The number of benzene rings is 3. The lowest BCUT2D eigenvalue weighted by atomic mass is 10.0. The summed E-state index contributed by atoms with van der Waals surface area (Å²) in [6.07, 6.45) is 0.807. The van der Waals surface area contributed by atoms with E-state index in [-0.39, 0.29) is 25.5 Å². The third-order valence-electron chi connectivity index (χ3n) is 6.12. The van der Waals surface area contributed by atoms with E-state index < -0.39 is 24.1 Å². The molecule has 1 heterocycles. The number of alkyl carbamates (subject to hydrolysis) is 1. The normalized spacial score (nSPS) is 15.7. The molecule has 7 heteroatoms. The van der Waals surface area contributed by atoms with Crippen LogP contribution in [0, 0.1) is 0 Å². The number of carbonyl (C=O) groups is 3. The highest BCUT2D eigenvalue weighted by molar-refractivity contribution is 5.90. The van der Waals surface area contributed by atoms with Crippen LogP contribution < -0.4 is 5.32 Å². The molecule has 0 radical (unpaired) electrons. The molecule has 0 aliphatic carbocycles. The Morgan fingerprint density at radius 2 is 1.31 bits per heavy atom. The SMILES string of the molecule is O=C(N[C@@H](Cc1ccccc1)C(=O)N1CCC[C@@H]1C(=O)OCc1ccccc1)OCc1ccccc1. The van der Waals surface area contributed by atoms with Crippen LogP contribution >= 0.6 is 0 Å². The predicted molar refractivity (Wildman–Crippen MR) is 135 cm³/mol. The van der Waals surface area contributed by atoms with Crippen molar-refractivity contribution in [3.63, 3.8) is 0 Å². The van der Waals surface area contributed by atoms with Crippen molar-refractivity contribution in [3.8, 4) is 0 Å². The summed E-state index contributed by atoms with van der Waals surface area (Å²) in [5, 5.41) is 2.73. The van der Waals surface area contributed by atoms with Crippen molar-refractivity contribution in [2.24, 2.45) is 0 Å². The molecule has 3 aromatic carbocycles. The summed E-state index contributed by atoms with van der Waals surface area (Å²) in [4.78, 5) is 40.6. The van der Waals surface area contributed by atoms with Crippen LogP contribution in [0.2, 0.25) is 0 Å². The van der Waals surface area contributed by atoms with E-state index >= 15 is 0 Å². The van der Waals surface area contributed by atoms with Crippen LogP contribution in [0.5, 0.6) is 0 Å². The predicted octanol–water partition coefficient (Wildman–Crippen LogP) is 4.26. The smallest absolute Gasteiger partial charge is 0.408 e. The molecule has 2 atom stereocenters. The van der Waals surface area contributed by atoms with Gasteiger partial charge in [-0.05, 0) is 29.5 Å². The summed E-state index contributed by atoms with van der Waals surface area (Å²) in [6, 6.07) is 26.6. The lowest BCUT2D eigenvalue weighted by Crippen LogP contribution is -2.52. The second-order valence-electron chi connectivity index (χ2n) is 8.73. The zero-order valence-electron chi connectivity index (χ0n) is 20.0. The van der Waals surface area contributed by atoms with Crippen molar-refractivity contribution in [1.82, 2.24) is 10.2 Å². The molecule has 0 saturated carbocycles. The molecule has 1 N–H and O–H groups in total. The number of carbonyl (C=O) groups excluding carboxylic acids is 3. The molecule has 186 valence electrons. The van der Waals surface area contributed by atoms with Gasteiger partial charge < -0.3 is 19.7 Å². The number of likely N-dealkylation sites (tertiary alicyclic amines) is 1. The maximum absolute atomic E-state index is 13.6. The van der Waals surface area contributed by atoms with E-state index in [1.165, 1.54) is 4.90 Å². The van der Waals surface area contributed by atoms with Gasteiger partial charge in [-0.2, -0.15) is 0 Å². The minimum Gasteiger partial charge on any atom is -0.459 e. The Bertz CT molecular complexity index is 1140. The molecule has 0 spiro atoms. The molecular weight excluding hydrogens is 456 g/mol. The van der Waals surface area contributed by atoms with Crippen LogP contribution in [0.4, 0.5) is 4.79 Å². The van der Waals surface area contributed by atoms with Crippen molar-refractivity contribution in [2.75, 3.05) is 6.54 Å². The second-order valence-corrected chi connectivity index (χ2v) is 8.73. The zero-order valence-corrected chi connectivity index (χ0v) is 20.0. The van der Waals surface area contributed by atoms with Crippen molar-refractivity contribution >= 4 is 18.0 Å².